The van der Waals surface area contributed by atoms with Crippen molar-refractivity contribution >= 4 is 5.91 Å². The summed E-state index contributed by atoms with van der Waals surface area (Å²) in [6.07, 6.45) is 2.64. The first-order valence-corrected chi connectivity index (χ1v) is 7.80. The van der Waals surface area contributed by atoms with Gasteiger partial charge in [-0.2, -0.15) is 0 Å². The van der Waals surface area contributed by atoms with Gasteiger partial charge in [0.1, 0.15) is 0 Å². The maximum atomic E-state index is 12.2. The molecule has 0 aromatic carbocycles. The zero-order chi connectivity index (χ0) is 17.0. The lowest BCUT2D eigenvalue weighted by molar-refractivity contribution is -0.122. The Hall–Kier alpha value is -2.37. The normalized spacial score (nSPS) is 11.7. The fraction of sp³-hybridized carbons (Fsp3) is 0.471. The van der Waals surface area contributed by atoms with Crippen LogP contribution in [0.2, 0.25) is 0 Å². The van der Waals surface area contributed by atoms with Crippen LogP contribution < -0.4 is 10.9 Å². The topological polar surface area (TPSA) is 79.8 Å². The summed E-state index contributed by atoms with van der Waals surface area (Å²) in [5, 5.41) is 5.95. The fourth-order valence-electron chi connectivity index (χ4n) is 2.86. The molecule has 6 heteroatoms. The third-order valence-corrected chi connectivity index (χ3v) is 3.40. The maximum Gasteiger partial charge on any atom is 0.272 e. The molecular formula is C17H24N4O2. The average molecular weight is 316 g/mol. The van der Waals surface area contributed by atoms with Crippen LogP contribution in [0.1, 0.15) is 39.8 Å². The Morgan fingerprint density at radius 2 is 2.13 bits per heavy atom. The highest BCUT2D eigenvalue weighted by molar-refractivity contribution is 5.78. The van der Waals surface area contributed by atoms with Gasteiger partial charge in [0.05, 0.1) is 6.42 Å². The van der Waals surface area contributed by atoms with Crippen molar-refractivity contribution in [3.05, 3.63) is 46.5 Å². The van der Waals surface area contributed by atoms with Crippen molar-refractivity contribution in [1.82, 2.24) is 20.1 Å². The Kier molecular flexibility index (Phi) is 5.03. The number of aromatic amines is 1. The molecule has 1 amide bonds. The summed E-state index contributed by atoms with van der Waals surface area (Å²) in [5.41, 5.74) is 0.0705. The lowest BCUT2D eigenvalue weighted by Crippen LogP contribution is -2.45. The highest BCUT2D eigenvalue weighted by atomic mass is 16.2. The number of pyridine rings is 1. The molecule has 2 aromatic rings. The molecule has 6 nitrogen and oxygen atoms in total. The van der Waals surface area contributed by atoms with Gasteiger partial charge in [0.2, 0.25) is 5.91 Å². The number of aromatic nitrogens is 3. The molecule has 23 heavy (non-hydrogen) atoms. The van der Waals surface area contributed by atoms with Gasteiger partial charge >= 0.3 is 0 Å². The molecule has 0 fully saturated rings. The largest absolute Gasteiger partial charge is 0.351 e. The van der Waals surface area contributed by atoms with Crippen molar-refractivity contribution in [3.63, 3.8) is 0 Å². The van der Waals surface area contributed by atoms with Gasteiger partial charge in [-0.3, -0.25) is 14.7 Å². The molecule has 0 saturated heterocycles. The quantitative estimate of drug-likeness (QED) is 0.856. The van der Waals surface area contributed by atoms with Gasteiger partial charge in [0, 0.05) is 23.5 Å². The molecule has 0 aliphatic rings. The van der Waals surface area contributed by atoms with Gasteiger partial charge in [-0.1, -0.05) is 19.9 Å². The van der Waals surface area contributed by atoms with Gasteiger partial charge in [-0.05, 0) is 38.3 Å². The highest BCUT2D eigenvalue weighted by Gasteiger charge is 2.22. The zero-order valence-electron chi connectivity index (χ0n) is 14.1. The van der Waals surface area contributed by atoms with Crippen LogP contribution in [0.5, 0.6) is 0 Å². The number of amides is 1. The van der Waals surface area contributed by atoms with Crippen molar-refractivity contribution < 1.29 is 4.79 Å². The first-order chi connectivity index (χ1) is 10.8. The summed E-state index contributed by atoms with van der Waals surface area (Å²) in [5.74, 6) is 0.893. The van der Waals surface area contributed by atoms with E-state index in [1.807, 2.05) is 13.8 Å². The molecule has 0 saturated carbocycles. The number of H-pyrrole nitrogens is 1. The van der Waals surface area contributed by atoms with Gasteiger partial charge in [-0.15, -0.1) is 0 Å². The van der Waals surface area contributed by atoms with Crippen LogP contribution in [0, 0.1) is 5.92 Å². The van der Waals surface area contributed by atoms with E-state index in [1.165, 1.54) is 10.7 Å². The third kappa shape index (κ3) is 4.81. The van der Waals surface area contributed by atoms with E-state index in [0.29, 0.717) is 17.4 Å². The second-order valence-electron chi connectivity index (χ2n) is 6.85. The number of nitrogens with one attached hydrogen (secondary N) is 2. The van der Waals surface area contributed by atoms with Crippen molar-refractivity contribution in [2.75, 3.05) is 0 Å². The predicted octanol–water partition coefficient (Wildman–Crippen LogP) is 2.04. The number of nitrogens with zero attached hydrogens (tertiary/aromatic N) is 2. The third-order valence-electron chi connectivity index (χ3n) is 3.40. The summed E-state index contributed by atoms with van der Waals surface area (Å²) >= 11 is 0. The molecule has 124 valence electrons. The van der Waals surface area contributed by atoms with E-state index in [-0.39, 0.29) is 23.4 Å². The van der Waals surface area contributed by atoms with E-state index in [1.54, 1.807) is 24.4 Å². The van der Waals surface area contributed by atoms with E-state index < -0.39 is 0 Å². The number of hydrogen-bond donors (Lipinski definition) is 2. The first kappa shape index (κ1) is 17.0. The van der Waals surface area contributed by atoms with Crippen LogP contribution in [0.4, 0.5) is 0 Å². The predicted molar refractivity (Wildman–Crippen MR) is 89.6 cm³/mol. The van der Waals surface area contributed by atoms with Crippen LogP contribution in [-0.2, 0) is 11.2 Å². The minimum atomic E-state index is -0.269. The second kappa shape index (κ2) is 6.81. The molecule has 2 rings (SSSR count). The molecule has 2 N–H and O–H groups in total. The Morgan fingerprint density at radius 1 is 1.39 bits per heavy atom. The first-order valence-electron chi connectivity index (χ1n) is 7.80. The van der Waals surface area contributed by atoms with Crippen molar-refractivity contribution in [2.24, 2.45) is 5.92 Å². The van der Waals surface area contributed by atoms with Crippen LogP contribution in [0.25, 0.3) is 5.82 Å². The lowest BCUT2D eigenvalue weighted by atomic mass is 9.92. The summed E-state index contributed by atoms with van der Waals surface area (Å²) in [6, 6.07) is 6.75. The Balaban J connectivity index is 2.07. The number of carbonyl (C=O) groups excluding carboxylic acids is 1. The van der Waals surface area contributed by atoms with Crippen LogP contribution in [0.3, 0.4) is 0 Å². The minimum absolute atomic E-state index is 0.106. The van der Waals surface area contributed by atoms with Crippen LogP contribution in [-0.4, -0.2) is 26.2 Å². The maximum absolute atomic E-state index is 12.2. The number of carbonyl (C=O) groups is 1. The Morgan fingerprint density at radius 3 is 2.74 bits per heavy atom. The summed E-state index contributed by atoms with van der Waals surface area (Å²) in [6.45, 7) is 8.26. The smallest absolute Gasteiger partial charge is 0.272 e. The molecule has 0 atom stereocenters. The standard InChI is InChI=1S/C17H24N4O2/c1-12(2)11-17(3,4)19-15(22)9-13-10-16(23)21(20-13)14-7-5-6-8-18-14/h5-8,10,12,20H,9,11H2,1-4H3,(H,19,22). The molecule has 0 radical (unpaired) electrons. The summed E-state index contributed by atoms with van der Waals surface area (Å²) in [4.78, 5) is 28.3. The molecular weight excluding hydrogens is 292 g/mol. The van der Waals surface area contributed by atoms with Crippen LogP contribution in [0.15, 0.2) is 35.3 Å². The van der Waals surface area contributed by atoms with Gasteiger partial charge in [-0.25, -0.2) is 9.67 Å². The molecule has 0 spiro atoms. The summed E-state index contributed by atoms with van der Waals surface area (Å²) < 4.78 is 1.34. The Bertz CT molecular complexity index is 714. The summed E-state index contributed by atoms with van der Waals surface area (Å²) in [7, 11) is 0. The molecule has 2 aromatic heterocycles. The molecule has 0 bridgehead atoms. The molecule has 0 aliphatic carbocycles. The van der Waals surface area contributed by atoms with E-state index in [0.717, 1.165) is 6.42 Å². The van der Waals surface area contributed by atoms with E-state index in [2.05, 4.69) is 29.2 Å². The van der Waals surface area contributed by atoms with Crippen LogP contribution >= 0.6 is 0 Å². The number of rotatable bonds is 6. The molecule has 0 unspecified atom stereocenters. The zero-order valence-corrected chi connectivity index (χ0v) is 14.1. The lowest BCUT2D eigenvalue weighted by Gasteiger charge is -2.28. The van der Waals surface area contributed by atoms with E-state index in [4.69, 9.17) is 0 Å². The van der Waals surface area contributed by atoms with Gasteiger partial charge in [0.15, 0.2) is 5.82 Å². The average Bonchev–Trinajstić information content (AvgIpc) is 2.77. The Labute approximate surface area is 135 Å². The number of hydrogen-bond acceptors (Lipinski definition) is 3. The molecule has 2 heterocycles. The van der Waals surface area contributed by atoms with E-state index in [9.17, 15) is 9.59 Å². The van der Waals surface area contributed by atoms with Crippen molar-refractivity contribution in [1.29, 1.82) is 0 Å². The fourth-order valence-corrected chi connectivity index (χ4v) is 2.86. The van der Waals surface area contributed by atoms with Gasteiger partial charge in [0.25, 0.3) is 5.56 Å². The second-order valence-corrected chi connectivity index (χ2v) is 6.85. The monoisotopic (exact) mass is 316 g/mol. The highest BCUT2D eigenvalue weighted by Crippen LogP contribution is 2.15. The van der Waals surface area contributed by atoms with Gasteiger partial charge < -0.3 is 5.32 Å². The minimum Gasteiger partial charge on any atom is -0.351 e. The van der Waals surface area contributed by atoms with Crippen molar-refractivity contribution in [2.45, 2.75) is 46.1 Å². The SMILES string of the molecule is CC(C)CC(C)(C)NC(=O)Cc1cc(=O)n(-c2ccccn2)[nH]1. The van der Waals surface area contributed by atoms with Crippen molar-refractivity contribution in [3.8, 4) is 5.82 Å². The van der Waals surface area contributed by atoms with E-state index >= 15 is 0 Å². The molecule has 0 aliphatic heterocycles.